The van der Waals surface area contributed by atoms with Gasteiger partial charge >= 0.3 is 0 Å². The van der Waals surface area contributed by atoms with E-state index in [1.54, 1.807) is 0 Å². The van der Waals surface area contributed by atoms with Crippen LogP contribution in [-0.4, -0.2) is 15.0 Å². The van der Waals surface area contributed by atoms with Crippen LogP contribution in [0.15, 0.2) is 197 Å². The topological polar surface area (TPSA) is 65.0 Å². The second kappa shape index (κ2) is 13.0. The number of para-hydroxylation sites is 1. The second-order valence-electron chi connectivity index (χ2n) is 13.9. The molecule has 0 saturated carbocycles. The summed E-state index contributed by atoms with van der Waals surface area (Å²) in [5.74, 6) is 1.63. The van der Waals surface area contributed by atoms with Gasteiger partial charge in [-0.3, -0.25) is 0 Å². The van der Waals surface area contributed by atoms with Crippen LogP contribution in [0.2, 0.25) is 0 Å². The van der Waals surface area contributed by atoms with Gasteiger partial charge in [-0.1, -0.05) is 152 Å². The zero-order chi connectivity index (χ0) is 37.0. The SMILES string of the molecule is c1ccc(-c2cccc(-c3nc(-c4ccc5c(c4)oc4cccc(-c6ccccc6)c45)nc(-c4cccc5c4oc4cccc(-c6ccccc6)c45)n3)c2)cc1. The van der Waals surface area contributed by atoms with Gasteiger partial charge in [0.1, 0.15) is 22.3 Å². The summed E-state index contributed by atoms with van der Waals surface area (Å²) in [7, 11) is 0. The first kappa shape index (κ1) is 31.9. The molecule has 56 heavy (non-hydrogen) atoms. The highest BCUT2D eigenvalue weighted by atomic mass is 16.3. The lowest BCUT2D eigenvalue weighted by Crippen LogP contribution is -2.00. The van der Waals surface area contributed by atoms with Crippen molar-refractivity contribution in [1.82, 2.24) is 15.0 Å². The fraction of sp³-hybridized carbons (Fsp3) is 0. The Hall–Kier alpha value is -7.63. The molecule has 0 amide bonds. The van der Waals surface area contributed by atoms with Crippen LogP contribution in [-0.2, 0) is 0 Å². The molecule has 0 saturated heterocycles. The van der Waals surface area contributed by atoms with Gasteiger partial charge in [0.15, 0.2) is 17.5 Å². The third-order valence-corrected chi connectivity index (χ3v) is 10.6. The van der Waals surface area contributed by atoms with Crippen LogP contribution in [0.25, 0.3) is 111 Å². The quantitative estimate of drug-likeness (QED) is 0.171. The van der Waals surface area contributed by atoms with Gasteiger partial charge < -0.3 is 8.83 Å². The third-order valence-electron chi connectivity index (χ3n) is 10.6. The molecule has 3 heterocycles. The van der Waals surface area contributed by atoms with Crippen molar-refractivity contribution in [2.24, 2.45) is 0 Å². The van der Waals surface area contributed by atoms with E-state index in [1.165, 1.54) is 0 Å². The summed E-state index contributed by atoms with van der Waals surface area (Å²) >= 11 is 0. The highest BCUT2D eigenvalue weighted by molar-refractivity contribution is 6.15. The van der Waals surface area contributed by atoms with Gasteiger partial charge in [-0.05, 0) is 69.8 Å². The first-order chi connectivity index (χ1) is 27.7. The van der Waals surface area contributed by atoms with E-state index < -0.39 is 0 Å². The third kappa shape index (κ3) is 5.37. The average molecular weight is 718 g/mol. The van der Waals surface area contributed by atoms with E-state index in [4.69, 9.17) is 23.8 Å². The standard InChI is InChI=1S/C51H31N3O2/c1-4-14-32(15-5-1)35-20-10-21-36(30-35)49-52-50(37-28-29-40-45(31-37)55-43-26-12-22-38(46(40)43)33-16-6-2-7-17-33)54-51(53-49)42-25-11-24-41-47-39(34-18-8-3-9-19-34)23-13-27-44(47)56-48(41)42/h1-31H. The van der Waals surface area contributed by atoms with E-state index in [-0.39, 0.29) is 0 Å². The molecular weight excluding hydrogens is 687 g/mol. The molecule has 0 fully saturated rings. The Balaban J connectivity index is 1.12. The van der Waals surface area contributed by atoms with Crippen LogP contribution in [0.5, 0.6) is 0 Å². The van der Waals surface area contributed by atoms with Crippen LogP contribution in [0.4, 0.5) is 0 Å². The minimum absolute atomic E-state index is 0.525. The minimum Gasteiger partial charge on any atom is -0.456 e. The summed E-state index contributed by atoms with van der Waals surface area (Å²) in [5, 5.41) is 4.19. The highest BCUT2D eigenvalue weighted by Crippen LogP contribution is 2.41. The predicted octanol–water partition coefficient (Wildman–Crippen LogP) is 13.7. The highest BCUT2D eigenvalue weighted by Gasteiger charge is 2.21. The number of aromatic nitrogens is 3. The van der Waals surface area contributed by atoms with E-state index in [2.05, 4.69) is 133 Å². The maximum absolute atomic E-state index is 6.69. The summed E-state index contributed by atoms with van der Waals surface area (Å²) in [6, 6.07) is 64.4. The minimum atomic E-state index is 0.525. The molecule has 0 unspecified atom stereocenters. The Morgan fingerprint density at radius 3 is 1.46 bits per heavy atom. The van der Waals surface area contributed by atoms with Crippen LogP contribution in [0.1, 0.15) is 0 Å². The molecule has 11 aromatic rings. The van der Waals surface area contributed by atoms with Crippen molar-refractivity contribution < 1.29 is 8.83 Å². The van der Waals surface area contributed by atoms with Gasteiger partial charge in [0.2, 0.25) is 0 Å². The van der Waals surface area contributed by atoms with Crippen molar-refractivity contribution in [3.8, 4) is 67.5 Å². The molecule has 3 aromatic heterocycles. The fourth-order valence-corrected chi connectivity index (χ4v) is 7.93. The molecule has 0 aliphatic carbocycles. The van der Waals surface area contributed by atoms with E-state index in [0.29, 0.717) is 17.5 Å². The molecule has 0 aliphatic rings. The number of rotatable bonds is 6. The van der Waals surface area contributed by atoms with Crippen molar-refractivity contribution in [1.29, 1.82) is 0 Å². The number of hydrogen-bond donors (Lipinski definition) is 0. The van der Waals surface area contributed by atoms with Gasteiger partial charge in [0, 0.05) is 32.7 Å². The molecular formula is C51H31N3O2. The van der Waals surface area contributed by atoms with Gasteiger partial charge in [0.05, 0.1) is 5.56 Å². The Morgan fingerprint density at radius 1 is 0.286 bits per heavy atom. The smallest absolute Gasteiger partial charge is 0.167 e. The van der Waals surface area contributed by atoms with Crippen molar-refractivity contribution in [2.75, 3.05) is 0 Å². The van der Waals surface area contributed by atoms with Crippen LogP contribution in [0, 0.1) is 0 Å². The summed E-state index contributed by atoms with van der Waals surface area (Å²) in [6.45, 7) is 0. The predicted molar refractivity (Wildman–Crippen MR) is 227 cm³/mol. The molecule has 0 radical (unpaired) electrons. The lowest BCUT2D eigenvalue weighted by molar-refractivity contribution is 0.668. The maximum atomic E-state index is 6.69. The number of nitrogens with zero attached hydrogens (tertiary/aromatic N) is 3. The van der Waals surface area contributed by atoms with E-state index in [0.717, 1.165) is 93.9 Å². The van der Waals surface area contributed by atoms with E-state index in [9.17, 15) is 0 Å². The molecule has 0 N–H and O–H groups in total. The number of benzene rings is 8. The molecule has 262 valence electrons. The van der Waals surface area contributed by atoms with E-state index in [1.807, 2.05) is 54.6 Å². The number of hydrogen-bond acceptors (Lipinski definition) is 5. The average Bonchev–Trinajstić information content (AvgIpc) is 3.86. The van der Waals surface area contributed by atoms with Crippen molar-refractivity contribution >= 4 is 43.9 Å². The van der Waals surface area contributed by atoms with Crippen molar-refractivity contribution in [2.45, 2.75) is 0 Å². The molecule has 0 bridgehead atoms. The van der Waals surface area contributed by atoms with Gasteiger partial charge in [-0.25, -0.2) is 15.0 Å². The lowest BCUT2D eigenvalue weighted by Gasteiger charge is -2.10. The van der Waals surface area contributed by atoms with Gasteiger partial charge in [0.25, 0.3) is 0 Å². The molecule has 11 rings (SSSR count). The first-order valence-corrected chi connectivity index (χ1v) is 18.7. The van der Waals surface area contributed by atoms with Gasteiger partial charge in [-0.2, -0.15) is 0 Å². The zero-order valence-corrected chi connectivity index (χ0v) is 30.1. The van der Waals surface area contributed by atoms with Crippen molar-refractivity contribution in [3.63, 3.8) is 0 Å². The Bertz CT molecular complexity index is 3240. The van der Waals surface area contributed by atoms with Crippen molar-refractivity contribution in [3.05, 3.63) is 188 Å². The summed E-state index contributed by atoms with van der Waals surface area (Å²) < 4.78 is 13.2. The maximum Gasteiger partial charge on any atom is 0.167 e. The molecule has 0 atom stereocenters. The molecule has 5 heteroatoms. The first-order valence-electron chi connectivity index (χ1n) is 18.7. The fourth-order valence-electron chi connectivity index (χ4n) is 7.93. The molecule has 8 aromatic carbocycles. The van der Waals surface area contributed by atoms with Crippen LogP contribution in [0.3, 0.4) is 0 Å². The van der Waals surface area contributed by atoms with Gasteiger partial charge in [-0.15, -0.1) is 0 Å². The molecule has 0 aliphatic heterocycles. The number of fused-ring (bicyclic) bond motifs is 6. The number of furan rings is 2. The Kier molecular flexibility index (Phi) is 7.42. The Labute approximate surface area is 322 Å². The molecule has 5 nitrogen and oxygen atoms in total. The van der Waals surface area contributed by atoms with Crippen LogP contribution < -0.4 is 0 Å². The van der Waals surface area contributed by atoms with Crippen LogP contribution >= 0.6 is 0 Å². The molecule has 0 spiro atoms. The largest absolute Gasteiger partial charge is 0.456 e. The summed E-state index contributed by atoms with van der Waals surface area (Å²) in [4.78, 5) is 15.5. The zero-order valence-electron chi connectivity index (χ0n) is 30.1. The normalized spacial score (nSPS) is 11.6. The second-order valence-corrected chi connectivity index (χ2v) is 13.9. The van der Waals surface area contributed by atoms with E-state index >= 15 is 0 Å². The monoisotopic (exact) mass is 717 g/mol. The summed E-state index contributed by atoms with van der Waals surface area (Å²) in [5.41, 5.74) is 12.4. The Morgan fingerprint density at radius 2 is 0.786 bits per heavy atom. The summed E-state index contributed by atoms with van der Waals surface area (Å²) in [6.07, 6.45) is 0. The lowest BCUT2D eigenvalue weighted by atomic mass is 9.98.